The number of carbonyl (C=O) groups excluding carboxylic acids is 2. The molecule has 2 atom stereocenters. The van der Waals surface area contributed by atoms with Crippen LogP contribution in [0.3, 0.4) is 0 Å². The first-order valence-corrected chi connectivity index (χ1v) is 14.3. The molecule has 2 amide bonds. The number of nitrogens with zero attached hydrogens (tertiary/aromatic N) is 2. The van der Waals surface area contributed by atoms with Crippen molar-refractivity contribution in [3.8, 4) is 0 Å². The first-order valence-electron chi connectivity index (χ1n) is 12.8. The first kappa shape index (κ1) is 28.9. The summed E-state index contributed by atoms with van der Waals surface area (Å²) in [5, 5.41) is 2.95. The van der Waals surface area contributed by atoms with Crippen molar-refractivity contribution in [1.29, 1.82) is 0 Å². The van der Waals surface area contributed by atoms with Gasteiger partial charge in [0.05, 0.1) is 10.6 Å². The highest BCUT2D eigenvalue weighted by Crippen LogP contribution is 2.25. The van der Waals surface area contributed by atoms with Crippen LogP contribution in [0.1, 0.15) is 43.9 Å². The van der Waals surface area contributed by atoms with Gasteiger partial charge in [0.25, 0.3) is 10.0 Å². The molecule has 8 heteroatoms. The number of amides is 2. The number of hydrogen-bond acceptors (Lipinski definition) is 4. The molecule has 1 N–H and O–H groups in total. The van der Waals surface area contributed by atoms with Crippen LogP contribution >= 0.6 is 0 Å². The third-order valence-corrected chi connectivity index (χ3v) is 8.46. The second kappa shape index (κ2) is 12.7. The average molecular weight is 536 g/mol. The van der Waals surface area contributed by atoms with Gasteiger partial charge in [-0.05, 0) is 75.1 Å². The normalized spacial score (nSPS) is 12.9. The van der Waals surface area contributed by atoms with E-state index in [2.05, 4.69) is 5.32 Å². The predicted octanol–water partition coefficient (Wildman–Crippen LogP) is 4.83. The molecule has 0 fully saturated rings. The summed E-state index contributed by atoms with van der Waals surface area (Å²) in [6.07, 6.45) is 0.751. The molecule has 0 aliphatic carbocycles. The average Bonchev–Trinajstić information content (AvgIpc) is 2.91. The van der Waals surface area contributed by atoms with Gasteiger partial charge < -0.3 is 10.2 Å². The fourth-order valence-electron chi connectivity index (χ4n) is 4.05. The fourth-order valence-corrected chi connectivity index (χ4v) is 5.48. The molecule has 0 heterocycles. The van der Waals surface area contributed by atoms with E-state index in [1.807, 2.05) is 58.0 Å². The van der Waals surface area contributed by atoms with Gasteiger partial charge in [0.1, 0.15) is 12.6 Å². The van der Waals surface area contributed by atoms with Gasteiger partial charge in [-0.1, -0.05) is 61.5 Å². The molecule has 7 nitrogen and oxygen atoms in total. The van der Waals surface area contributed by atoms with E-state index in [4.69, 9.17) is 0 Å². The van der Waals surface area contributed by atoms with Crippen LogP contribution in [-0.2, 0) is 26.2 Å². The standard InChI is InChI=1S/C30H37N3O4S/c1-6-24(4)31-30(35)25(5)32(20-26-15-11-10-14-23(26)3)29(34)21-33(27-16-12-13-22(2)19-27)38(36,37)28-17-8-7-9-18-28/h7-19,24-25H,6,20-21H2,1-5H3,(H,31,35)/t24-,25+/m0/s1. The first-order chi connectivity index (χ1) is 18.0. The minimum Gasteiger partial charge on any atom is -0.352 e. The molecule has 3 rings (SSSR count). The van der Waals surface area contributed by atoms with E-state index in [9.17, 15) is 18.0 Å². The Kier molecular flexibility index (Phi) is 9.69. The summed E-state index contributed by atoms with van der Waals surface area (Å²) in [6.45, 7) is 9.09. The Morgan fingerprint density at radius 3 is 2.18 bits per heavy atom. The van der Waals surface area contributed by atoms with Crippen molar-refractivity contribution in [3.05, 3.63) is 95.6 Å². The van der Waals surface area contributed by atoms with Gasteiger partial charge in [0.15, 0.2) is 0 Å². The molecule has 0 aromatic heterocycles. The zero-order valence-electron chi connectivity index (χ0n) is 22.7. The molecule has 0 radical (unpaired) electrons. The van der Waals surface area contributed by atoms with Gasteiger partial charge >= 0.3 is 0 Å². The molecule has 0 spiro atoms. The van der Waals surface area contributed by atoms with Crippen LogP contribution < -0.4 is 9.62 Å². The fraction of sp³-hybridized carbons (Fsp3) is 0.333. The number of rotatable bonds is 11. The maximum atomic E-state index is 13.9. The Morgan fingerprint density at radius 1 is 0.895 bits per heavy atom. The monoisotopic (exact) mass is 535 g/mol. The van der Waals surface area contributed by atoms with Crippen molar-refractivity contribution >= 4 is 27.5 Å². The number of hydrogen-bond donors (Lipinski definition) is 1. The summed E-state index contributed by atoms with van der Waals surface area (Å²) >= 11 is 0. The molecular formula is C30H37N3O4S. The second-order valence-corrected chi connectivity index (χ2v) is 11.5. The van der Waals surface area contributed by atoms with E-state index in [1.54, 1.807) is 43.3 Å². The molecule has 3 aromatic carbocycles. The molecular weight excluding hydrogens is 498 g/mol. The van der Waals surface area contributed by atoms with Gasteiger partial charge in [-0.2, -0.15) is 0 Å². The van der Waals surface area contributed by atoms with Gasteiger partial charge in [-0.3, -0.25) is 13.9 Å². The van der Waals surface area contributed by atoms with E-state index in [0.29, 0.717) is 5.69 Å². The van der Waals surface area contributed by atoms with E-state index in [1.165, 1.54) is 17.0 Å². The van der Waals surface area contributed by atoms with Crippen LogP contribution in [0.25, 0.3) is 0 Å². The summed E-state index contributed by atoms with van der Waals surface area (Å²) in [6, 6.07) is 21.9. The lowest BCUT2D eigenvalue weighted by molar-refractivity contribution is -0.139. The summed E-state index contributed by atoms with van der Waals surface area (Å²) in [7, 11) is -4.06. The van der Waals surface area contributed by atoms with Crippen molar-refractivity contribution in [2.75, 3.05) is 10.8 Å². The SMILES string of the molecule is CC[C@H](C)NC(=O)[C@@H](C)N(Cc1ccccc1C)C(=O)CN(c1cccc(C)c1)S(=O)(=O)c1ccccc1. The number of nitrogens with one attached hydrogen (secondary N) is 1. The second-order valence-electron chi connectivity index (χ2n) is 9.61. The molecule has 0 aliphatic heterocycles. The summed E-state index contributed by atoms with van der Waals surface area (Å²) in [5.41, 5.74) is 3.11. The third kappa shape index (κ3) is 7.01. The lowest BCUT2D eigenvalue weighted by atomic mass is 10.1. The Labute approximate surface area is 226 Å². The zero-order valence-corrected chi connectivity index (χ0v) is 23.5. The maximum absolute atomic E-state index is 13.9. The van der Waals surface area contributed by atoms with Crippen LogP contribution in [0.4, 0.5) is 5.69 Å². The minimum atomic E-state index is -4.06. The Balaban J connectivity index is 2.03. The Bertz CT molecular complexity index is 1360. The van der Waals surface area contributed by atoms with Crippen LogP contribution in [0.15, 0.2) is 83.8 Å². The van der Waals surface area contributed by atoms with Gasteiger partial charge in [0.2, 0.25) is 11.8 Å². The molecule has 0 unspecified atom stereocenters. The van der Waals surface area contributed by atoms with Crippen molar-refractivity contribution in [3.63, 3.8) is 0 Å². The Hall–Kier alpha value is -3.65. The lowest BCUT2D eigenvalue weighted by Gasteiger charge is -2.32. The summed E-state index contributed by atoms with van der Waals surface area (Å²) in [4.78, 5) is 28.6. The highest BCUT2D eigenvalue weighted by Gasteiger charge is 2.32. The molecule has 202 valence electrons. The molecule has 0 bridgehead atoms. The van der Waals surface area contributed by atoms with Gasteiger partial charge in [-0.15, -0.1) is 0 Å². The quantitative estimate of drug-likeness (QED) is 0.381. The van der Waals surface area contributed by atoms with Crippen LogP contribution in [0.2, 0.25) is 0 Å². The predicted molar refractivity (Wildman–Crippen MR) is 151 cm³/mol. The van der Waals surface area contributed by atoms with Crippen molar-refractivity contribution < 1.29 is 18.0 Å². The maximum Gasteiger partial charge on any atom is 0.264 e. The van der Waals surface area contributed by atoms with Gasteiger partial charge in [-0.25, -0.2) is 8.42 Å². The van der Waals surface area contributed by atoms with Gasteiger partial charge in [0, 0.05) is 12.6 Å². The number of benzene rings is 3. The molecule has 38 heavy (non-hydrogen) atoms. The van der Waals surface area contributed by atoms with Crippen molar-refractivity contribution in [2.24, 2.45) is 0 Å². The largest absolute Gasteiger partial charge is 0.352 e. The van der Waals surface area contributed by atoms with Crippen LogP contribution in [-0.4, -0.2) is 43.8 Å². The van der Waals surface area contributed by atoms with Crippen LogP contribution in [0, 0.1) is 13.8 Å². The smallest absolute Gasteiger partial charge is 0.264 e. The number of aryl methyl sites for hydroxylation is 2. The lowest BCUT2D eigenvalue weighted by Crippen LogP contribution is -2.52. The number of carbonyl (C=O) groups is 2. The van der Waals surface area contributed by atoms with E-state index in [0.717, 1.165) is 27.4 Å². The third-order valence-electron chi connectivity index (χ3n) is 6.67. The molecule has 0 saturated heterocycles. The number of anilines is 1. The molecule has 0 saturated carbocycles. The van der Waals surface area contributed by atoms with E-state index < -0.39 is 28.5 Å². The minimum absolute atomic E-state index is 0.0531. The topological polar surface area (TPSA) is 86.8 Å². The molecule has 3 aromatic rings. The summed E-state index contributed by atoms with van der Waals surface area (Å²) < 4.78 is 28.7. The van der Waals surface area contributed by atoms with E-state index >= 15 is 0 Å². The Morgan fingerprint density at radius 2 is 1.55 bits per heavy atom. The van der Waals surface area contributed by atoms with Crippen molar-refractivity contribution in [2.45, 2.75) is 64.6 Å². The summed E-state index contributed by atoms with van der Waals surface area (Å²) in [5.74, 6) is -0.754. The highest BCUT2D eigenvalue weighted by atomic mass is 32.2. The zero-order chi connectivity index (χ0) is 27.9. The van der Waals surface area contributed by atoms with Crippen LogP contribution in [0.5, 0.6) is 0 Å². The highest BCUT2D eigenvalue weighted by molar-refractivity contribution is 7.92. The number of sulfonamides is 1. The van der Waals surface area contributed by atoms with E-state index in [-0.39, 0.29) is 23.4 Å². The molecule has 0 aliphatic rings. The van der Waals surface area contributed by atoms with Crippen molar-refractivity contribution in [1.82, 2.24) is 10.2 Å².